The summed E-state index contributed by atoms with van der Waals surface area (Å²) in [5.41, 5.74) is 6.70. The molecule has 0 saturated carbocycles. The fourth-order valence-corrected chi connectivity index (χ4v) is 2.84. The second-order valence-electron chi connectivity index (χ2n) is 4.06. The standard InChI is InChI=1S/C10H10BrN5O2/c11-4-1-5(17)8(18)7(4)16-3-15-6-9(12)13-2-14-10(6)16/h1-3,5,7-8,17-18H,(H2,12,13,14)/t5-,7-,8-/m1/s1. The van der Waals surface area contributed by atoms with E-state index in [1.54, 1.807) is 10.6 Å². The van der Waals surface area contributed by atoms with Crippen LogP contribution in [0.1, 0.15) is 6.04 Å². The molecular formula is C10H10BrN5O2. The normalized spacial score (nSPS) is 27.7. The Labute approximate surface area is 110 Å². The highest BCUT2D eigenvalue weighted by atomic mass is 79.9. The van der Waals surface area contributed by atoms with Gasteiger partial charge < -0.3 is 20.5 Å². The first-order valence-corrected chi connectivity index (χ1v) is 6.05. The summed E-state index contributed by atoms with van der Waals surface area (Å²) in [6.07, 6.45) is 2.54. The molecule has 2 aromatic rings. The summed E-state index contributed by atoms with van der Waals surface area (Å²) in [5.74, 6) is 0.284. The number of aliphatic hydroxyl groups is 2. The van der Waals surface area contributed by atoms with Crippen LogP contribution in [-0.4, -0.2) is 41.9 Å². The molecule has 1 aliphatic carbocycles. The number of imidazole rings is 1. The second kappa shape index (κ2) is 4.01. The van der Waals surface area contributed by atoms with Crippen molar-refractivity contribution in [2.75, 3.05) is 5.73 Å². The van der Waals surface area contributed by atoms with E-state index >= 15 is 0 Å². The first kappa shape index (κ1) is 11.6. The van der Waals surface area contributed by atoms with Crippen molar-refractivity contribution in [1.82, 2.24) is 19.5 Å². The number of aromatic nitrogens is 4. The molecule has 8 heteroatoms. The van der Waals surface area contributed by atoms with Crippen molar-refractivity contribution in [3.05, 3.63) is 23.2 Å². The van der Waals surface area contributed by atoms with E-state index < -0.39 is 18.2 Å². The molecule has 1 aliphatic rings. The van der Waals surface area contributed by atoms with Gasteiger partial charge in [0.1, 0.15) is 24.1 Å². The largest absolute Gasteiger partial charge is 0.388 e. The van der Waals surface area contributed by atoms with Crippen molar-refractivity contribution < 1.29 is 10.2 Å². The van der Waals surface area contributed by atoms with Gasteiger partial charge in [0.05, 0.1) is 12.4 Å². The summed E-state index contributed by atoms with van der Waals surface area (Å²) in [7, 11) is 0. The van der Waals surface area contributed by atoms with E-state index in [1.807, 2.05) is 0 Å². The average molecular weight is 312 g/mol. The SMILES string of the molecule is Nc1ncnc2c1ncn2[C@@H]1C(Br)=C[C@@H](O)[C@H]1O. The number of fused-ring (bicyclic) bond motifs is 1. The van der Waals surface area contributed by atoms with Crippen LogP contribution in [0.4, 0.5) is 5.82 Å². The first-order valence-electron chi connectivity index (χ1n) is 5.26. The lowest BCUT2D eigenvalue weighted by molar-refractivity contribution is 0.0372. The van der Waals surface area contributed by atoms with E-state index in [0.29, 0.717) is 15.6 Å². The quantitative estimate of drug-likeness (QED) is 0.682. The Morgan fingerprint density at radius 3 is 2.72 bits per heavy atom. The topological polar surface area (TPSA) is 110 Å². The third kappa shape index (κ3) is 1.53. The van der Waals surface area contributed by atoms with Crippen molar-refractivity contribution in [3.8, 4) is 0 Å². The molecule has 7 nitrogen and oxygen atoms in total. The molecule has 2 heterocycles. The molecule has 0 saturated heterocycles. The third-order valence-corrected chi connectivity index (χ3v) is 3.71. The van der Waals surface area contributed by atoms with Crippen LogP contribution in [-0.2, 0) is 0 Å². The third-order valence-electron chi connectivity index (χ3n) is 2.97. The van der Waals surface area contributed by atoms with Crippen LogP contribution in [0, 0.1) is 0 Å². The number of aliphatic hydroxyl groups excluding tert-OH is 2. The molecule has 0 fully saturated rings. The van der Waals surface area contributed by atoms with Crippen LogP contribution in [0.5, 0.6) is 0 Å². The monoisotopic (exact) mass is 311 g/mol. The minimum atomic E-state index is -0.951. The van der Waals surface area contributed by atoms with Gasteiger partial charge in [-0.05, 0) is 6.08 Å². The van der Waals surface area contributed by atoms with Crippen molar-refractivity contribution in [2.45, 2.75) is 18.2 Å². The number of rotatable bonds is 1. The highest BCUT2D eigenvalue weighted by Crippen LogP contribution is 2.36. The Balaban J connectivity index is 2.16. The maximum Gasteiger partial charge on any atom is 0.166 e. The van der Waals surface area contributed by atoms with Gasteiger partial charge in [0.25, 0.3) is 0 Å². The van der Waals surface area contributed by atoms with E-state index in [2.05, 4.69) is 30.9 Å². The molecule has 2 aromatic heterocycles. The van der Waals surface area contributed by atoms with Gasteiger partial charge in [0.2, 0.25) is 0 Å². The molecule has 0 radical (unpaired) electrons. The summed E-state index contributed by atoms with van der Waals surface area (Å²) in [5, 5.41) is 19.6. The zero-order valence-corrected chi connectivity index (χ0v) is 10.7. The van der Waals surface area contributed by atoms with Crippen molar-refractivity contribution in [3.63, 3.8) is 0 Å². The molecule has 94 valence electrons. The maximum absolute atomic E-state index is 9.97. The summed E-state index contributed by atoms with van der Waals surface area (Å²) < 4.78 is 2.34. The summed E-state index contributed by atoms with van der Waals surface area (Å²) >= 11 is 3.33. The molecule has 3 rings (SSSR count). The molecule has 3 atom stereocenters. The molecule has 0 amide bonds. The smallest absolute Gasteiger partial charge is 0.166 e. The number of hydrogen-bond acceptors (Lipinski definition) is 6. The predicted molar refractivity (Wildman–Crippen MR) is 67.8 cm³/mol. The second-order valence-corrected chi connectivity index (χ2v) is 4.98. The number of halogens is 1. The highest BCUT2D eigenvalue weighted by molar-refractivity contribution is 9.11. The van der Waals surface area contributed by atoms with Crippen LogP contribution < -0.4 is 5.73 Å². The highest BCUT2D eigenvalue weighted by Gasteiger charge is 2.36. The van der Waals surface area contributed by atoms with Crippen LogP contribution in [0.2, 0.25) is 0 Å². The van der Waals surface area contributed by atoms with E-state index in [9.17, 15) is 10.2 Å². The Morgan fingerprint density at radius 2 is 2.06 bits per heavy atom. The first-order chi connectivity index (χ1) is 8.59. The van der Waals surface area contributed by atoms with Gasteiger partial charge in [0, 0.05) is 4.48 Å². The van der Waals surface area contributed by atoms with Gasteiger partial charge >= 0.3 is 0 Å². The minimum absolute atomic E-state index is 0.284. The van der Waals surface area contributed by atoms with Gasteiger partial charge in [-0.15, -0.1) is 0 Å². The summed E-state index contributed by atoms with van der Waals surface area (Å²) in [6, 6.07) is -0.459. The van der Waals surface area contributed by atoms with E-state index in [0.717, 1.165) is 0 Å². The molecule has 0 spiro atoms. The van der Waals surface area contributed by atoms with Gasteiger partial charge in [-0.3, -0.25) is 0 Å². The molecule has 0 aliphatic heterocycles. The van der Waals surface area contributed by atoms with Crippen LogP contribution in [0.25, 0.3) is 11.2 Å². The minimum Gasteiger partial charge on any atom is -0.388 e. The van der Waals surface area contributed by atoms with Gasteiger partial charge in [-0.1, -0.05) is 15.9 Å². The lowest BCUT2D eigenvalue weighted by Gasteiger charge is -2.19. The Hall–Kier alpha value is -1.51. The lowest BCUT2D eigenvalue weighted by Crippen LogP contribution is -2.28. The van der Waals surface area contributed by atoms with E-state index in [4.69, 9.17) is 5.73 Å². The Bertz CT molecular complexity index is 640. The Morgan fingerprint density at radius 1 is 1.28 bits per heavy atom. The van der Waals surface area contributed by atoms with Crippen molar-refractivity contribution in [2.24, 2.45) is 0 Å². The van der Waals surface area contributed by atoms with E-state index in [-0.39, 0.29) is 5.82 Å². The molecule has 4 N–H and O–H groups in total. The van der Waals surface area contributed by atoms with Crippen molar-refractivity contribution in [1.29, 1.82) is 0 Å². The number of nitrogen functional groups attached to an aromatic ring is 1. The predicted octanol–water partition coefficient (Wildman–Crippen LogP) is -0.0362. The molecule has 0 bridgehead atoms. The molecule has 0 aromatic carbocycles. The zero-order valence-electron chi connectivity index (χ0n) is 9.10. The number of nitrogens with zero attached hydrogens (tertiary/aromatic N) is 4. The lowest BCUT2D eigenvalue weighted by atomic mass is 10.2. The number of nitrogens with two attached hydrogens (primary N) is 1. The van der Waals surface area contributed by atoms with Gasteiger partial charge in [-0.2, -0.15) is 0 Å². The fourth-order valence-electron chi connectivity index (χ4n) is 2.08. The summed E-state index contributed by atoms with van der Waals surface area (Å²) in [4.78, 5) is 12.1. The van der Waals surface area contributed by atoms with Crippen LogP contribution >= 0.6 is 15.9 Å². The zero-order chi connectivity index (χ0) is 12.9. The van der Waals surface area contributed by atoms with E-state index in [1.165, 1.54) is 12.7 Å². The number of hydrogen-bond donors (Lipinski definition) is 3. The van der Waals surface area contributed by atoms with Crippen LogP contribution in [0.15, 0.2) is 23.2 Å². The Kier molecular flexibility index (Phi) is 2.58. The molecular weight excluding hydrogens is 302 g/mol. The summed E-state index contributed by atoms with van der Waals surface area (Å²) in [6.45, 7) is 0. The molecule has 0 unspecified atom stereocenters. The van der Waals surface area contributed by atoms with Gasteiger partial charge in [0.15, 0.2) is 11.5 Å². The fraction of sp³-hybridized carbons (Fsp3) is 0.300. The van der Waals surface area contributed by atoms with Crippen LogP contribution in [0.3, 0.4) is 0 Å². The number of anilines is 1. The van der Waals surface area contributed by atoms with Crippen molar-refractivity contribution >= 4 is 32.9 Å². The maximum atomic E-state index is 9.97. The van der Waals surface area contributed by atoms with Gasteiger partial charge in [-0.25, -0.2) is 15.0 Å². The average Bonchev–Trinajstić information content (AvgIpc) is 2.84. The molecule has 18 heavy (non-hydrogen) atoms.